The second kappa shape index (κ2) is 8.71. The second-order valence-corrected chi connectivity index (χ2v) is 5.23. The van der Waals surface area contributed by atoms with Crippen molar-refractivity contribution < 1.29 is 0 Å². The highest BCUT2D eigenvalue weighted by Gasteiger charge is 2.13. The quantitative estimate of drug-likeness (QED) is 0.658. The smallest absolute Gasteiger partial charge is 0.0335 e. The van der Waals surface area contributed by atoms with Gasteiger partial charge in [-0.05, 0) is 29.9 Å². The number of hydrogen-bond donors (Lipinski definition) is 1. The molecule has 0 fully saturated rings. The fraction of sp³-hybridized carbons (Fsp3) is 0.444. The summed E-state index contributed by atoms with van der Waals surface area (Å²) in [5.41, 5.74) is 8.70. The highest BCUT2D eigenvalue weighted by molar-refractivity contribution is 5.47. The van der Waals surface area contributed by atoms with E-state index in [0.717, 1.165) is 6.42 Å². The van der Waals surface area contributed by atoms with Crippen LogP contribution in [0.1, 0.15) is 39.5 Å². The fourth-order valence-electron chi connectivity index (χ4n) is 2.29. The number of unbranched alkanes of at least 4 members (excludes halogenated alkanes) is 1. The topological polar surface area (TPSA) is 26.0 Å². The summed E-state index contributed by atoms with van der Waals surface area (Å²) in [5, 5.41) is 0. The van der Waals surface area contributed by atoms with Crippen molar-refractivity contribution in [3.8, 4) is 0 Å². The van der Waals surface area contributed by atoms with Gasteiger partial charge in [-0.3, -0.25) is 0 Å². The molecule has 1 nitrogen and oxygen atoms in total. The van der Waals surface area contributed by atoms with Gasteiger partial charge in [0.25, 0.3) is 0 Å². The third-order valence-corrected chi connectivity index (χ3v) is 3.42. The van der Waals surface area contributed by atoms with Gasteiger partial charge < -0.3 is 5.73 Å². The molecule has 0 heterocycles. The molecular formula is C18H27N. The lowest BCUT2D eigenvalue weighted by Gasteiger charge is -2.19. The molecule has 0 saturated carbocycles. The van der Waals surface area contributed by atoms with Gasteiger partial charge in [0.1, 0.15) is 0 Å². The summed E-state index contributed by atoms with van der Waals surface area (Å²) in [6.07, 6.45) is 19.3. The molecule has 0 radical (unpaired) electrons. The Balaban J connectivity index is 2.90. The molecule has 1 heteroatoms. The van der Waals surface area contributed by atoms with Gasteiger partial charge in [0, 0.05) is 6.04 Å². The average Bonchev–Trinajstić information content (AvgIpc) is 2.42. The van der Waals surface area contributed by atoms with Crippen LogP contribution in [-0.4, -0.2) is 6.04 Å². The molecule has 1 aliphatic carbocycles. The van der Waals surface area contributed by atoms with Crippen molar-refractivity contribution in [2.75, 3.05) is 0 Å². The summed E-state index contributed by atoms with van der Waals surface area (Å²) in [5.74, 6) is 0.587. The highest BCUT2D eigenvalue weighted by Crippen LogP contribution is 2.23. The van der Waals surface area contributed by atoms with Crippen LogP contribution in [0.4, 0.5) is 0 Å². The van der Waals surface area contributed by atoms with Crippen molar-refractivity contribution in [2.24, 2.45) is 11.7 Å². The fourth-order valence-corrected chi connectivity index (χ4v) is 2.29. The Morgan fingerprint density at radius 2 is 2.37 bits per heavy atom. The van der Waals surface area contributed by atoms with E-state index in [1.54, 1.807) is 0 Å². The minimum absolute atomic E-state index is 0.115. The molecule has 104 valence electrons. The average molecular weight is 257 g/mol. The van der Waals surface area contributed by atoms with Crippen LogP contribution in [0.2, 0.25) is 0 Å². The molecule has 0 aromatic carbocycles. The zero-order valence-electron chi connectivity index (χ0n) is 12.3. The summed E-state index contributed by atoms with van der Waals surface area (Å²) in [6.45, 7) is 8.26. The van der Waals surface area contributed by atoms with Crippen molar-refractivity contribution in [2.45, 2.75) is 45.6 Å². The molecular weight excluding hydrogens is 230 g/mol. The SMILES string of the molecule is C=C/C=C\C(=C\C(C)CCCC)C1=CC=CCC1N. The Bertz CT molecular complexity index is 396. The van der Waals surface area contributed by atoms with Crippen molar-refractivity contribution in [3.05, 3.63) is 60.3 Å². The van der Waals surface area contributed by atoms with E-state index in [2.05, 4.69) is 50.8 Å². The van der Waals surface area contributed by atoms with Gasteiger partial charge in [0.15, 0.2) is 0 Å². The minimum atomic E-state index is 0.115. The first kappa shape index (κ1) is 15.7. The molecule has 2 N–H and O–H groups in total. The standard InChI is InChI=1S/C18H27N/c1-4-6-10-15(3)14-16(11-7-5-2)17-12-8-9-13-18(17)19/h5,7-9,11-12,14-15,18H,2,4,6,10,13,19H2,1,3H3/b11-7-,16-14-. The van der Waals surface area contributed by atoms with Crippen LogP contribution in [0, 0.1) is 5.92 Å². The van der Waals surface area contributed by atoms with Crippen molar-refractivity contribution >= 4 is 0 Å². The maximum Gasteiger partial charge on any atom is 0.0335 e. The molecule has 1 aliphatic rings. The number of hydrogen-bond acceptors (Lipinski definition) is 1. The predicted molar refractivity (Wildman–Crippen MR) is 85.9 cm³/mol. The monoisotopic (exact) mass is 257 g/mol. The zero-order valence-corrected chi connectivity index (χ0v) is 12.3. The zero-order chi connectivity index (χ0) is 14.1. The van der Waals surface area contributed by atoms with Crippen LogP contribution in [-0.2, 0) is 0 Å². The molecule has 0 amide bonds. The summed E-state index contributed by atoms with van der Waals surface area (Å²) in [4.78, 5) is 0. The van der Waals surface area contributed by atoms with Crippen molar-refractivity contribution in [3.63, 3.8) is 0 Å². The molecule has 0 bridgehead atoms. The Labute approximate surface area is 118 Å². The van der Waals surface area contributed by atoms with Crippen molar-refractivity contribution in [1.82, 2.24) is 0 Å². The van der Waals surface area contributed by atoms with E-state index < -0.39 is 0 Å². The Morgan fingerprint density at radius 1 is 1.58 bits per heavy atom. The Morgan fingerprint density at radius 3 is 3.00 bits per heavy atom. The third-order valence-electron chi connectivity index (χ3n) is 3.42. The van der Waals surface area contributed by atoms with Crippen LogP contribution >= 0.6 is 0 Å². The van der Waals surface area contributed by atoms with Crippen LogP contribution in [0.25, 0.3) is 0 Å². The van der Waals surface area contributed by atoms with E-state index in [9.17, 15) is 0 Å². The normalized spacial score (nSPS) is 21.5. The minimum Gasteiger partial charge on any atom is -0.324 e. The summed E-state index contributed by atoms with van der Waals surface area (Å²) in [6, 6.07) is 0.115. The van der Waals surface area contributed by atoms with Gasteiger partial charge in [0.05, 0.1) is 0 Å². The van der Waals surface area contributed by atoms with Gasteiger partial charge in [-0.25, -0.2) is 0 Å². The molecule has 0 aliphatic heterocycles. The molecule has 19 heavy (non-hydrogen) atoms. The molecule has 2 atom stereocenters. The van der Waals surface area contributed by atoms with E-state index >= 15 is 0 Å². The second-order valence-electron chi connectivity index (χ2n) is 5.23. The van der Waals surface area contributed by atoms with Gasteiger partial charge in [0.2, 0.25) is 0 Å². The summed E-state index contributed by atoms with van der Waals surface area (Å²) < 4.78 is 0. The molecule has 0 aromatic rings. The number of nitrogens with two attached hydrogens (primary N) is 1. The predicted octanol–water partition coefficient (Wildman–Crippen LogP) is 4.69. The molecule has 0 spiro atoms. The first-order valence-electron chi connectivity index (χ1n) is 7.32. The van der Waals surface area contributed by atoms with Gasteiger partial charge in [-0.15, -0.1) is 0 Å². The largest absolute Gasteiger partial charge is 0.324 e. The van der Waals surface area contributed by atoms with Crippen LogP contribution in [0.3, 0.4) is 0 Å². The first-order valence-corrected chi connectivity index (χ1v) is 7.32. The molecule has 0 saturated heterocycles. The lowest BCUT2D eigenvalue weighted by Crippen LogP contribution is -2.24. The van der Waals surface area contributed by atoms with E-state index in [-0.39, 0.29) is 6.04 Å². The molecule has 1 rings (SSSR count). The maximum atomic E-state index is 6.21. The number of allylic oxidation sites excluding steroid dienone is 6. The highest BCUT2D eigenvalue weighted by atomic mass is 14.6. The third kappa shape index (κ3) is 5.44. The van der Waals surface area contributed by atoms with Crippen molar-refractivity contribution in [1.29, 1.82) is 0 Å². The lowest BCUT2D eigenvalue weighted by atomic mass is 9.89. The summed E-state index contributed by atoms with van der Waals surface area (Å²) in [7, 11) is 0. The molecule has 2 unspecified atom stereocenters. The lowest BCUT2D eigenvalue weighted by molar-refractivity contribution is 0.595. The van der Waals surface area contributed by atoms with Gasteiger partial charge in [-0.2, -0.15) is 0 Å². The van der Waals surface area contributed by atoms with E-state index in [4.69, 9.17) is 5.73 Å². The van der Waals surface area contributed by atoms with Crippen LogP contribution in [0.15, 0.2) is 60.3 Å². The Kier molecular flexibility index (Phi) is 7.20. The van der Waals surface area contributed by atoms with Gasteiger partial charge in [-0.1, -0.05) is 75.8 Å². The van der Waals surface area contributed by atoms with Crippen LogP contribution < -0.4 is 5.73 Å². The van der Waals surface area contributed by atoms with E-state index in [1.165, 1.54) is 30.4 Å². The number of rotatable bonds is 7. The summed E-state index contributed by atoms with van der Waals surface area (Å²) >= 11 is 0. The van der Waals surface area contributed by atoms with E-state index in [1.807, 2.05) is 12.2 Å². The molecule has 0 aromatic heterocycles. The van der Waals surface area contributed by atoms with E-state index in [0.29, 0.717) is 5.92 Å². The Hall–Kier alpha value is -1.34. The van der Waals surface area contributed by atoms with Crippen LogP contribution in [0.5, 0.6) is 0 Å². The van der Waals surface area contributed by atoms with Gasteiger partial charge >= 0.3 is 0 Å². The first-order chi connectivity index (χ1) is 9.19. The maximum absolute atomic E-state index is 6.21.